The van der Waals surface area contributed by atoms with E-state index in [2.05, 4.69) is 342 Å². The van der Waals surface area contributed by atoms with Crippen molar-refractivity contribution in [2.75, 3.05) is 9.80 Å². The quantitative estimate of drug-likeness (QED) is 0.147. The van der Waals surface area contributed by atoms with Crippen LogP contribution in [0.4, 0.5) is 34.1 Å². The molecule has 1 unspecified atom stereocenters. The van der Waals surface area contributed by atoms with Crippen LogP contribution in [0.1, 0.15) is 22.3 Å². The summed E-state index contributed by atoms with van der Waals surface area (Å²) >= 11 is 0. The zero-order valence-electron chi connectivity index (χ0n) is 48.6. The molecule has 1 spiro atoms. The van der Waals surface area contributed by atoms with Crippen molar-refractivity contribution >= 4 is 79.0 Å². The number of benzene rings is 14. The fourth-order valence-corrected chi connectivity index (χ4v) is 16.1. The second kappa shape index (κ2) is 19.3. The van der Waals surface area contributed by atoms with E-state index in [9.17, 15) is 0 Å². The summed E-state index contributed by atoms with van der Waals surface area (Å²) in [5.41, 5.74) is 33.4. The lowest BCUT2D eigenvalue weighted by Gasteiger charge is -2.45. The molecule has 0 radical (unpaired) electrons. The van der Waals surface area contributed by atoms with Crippen molar-refractivity contribution in [2.45, 2.75) is 5.41 Å². The van der Waals surface area contributed by atoms with E-state index in [-0.39, 0.29) is 6.71 Å². The van der Waals surface area contributed by atoms with E-state index < -0.39 is 5.41 Å². The number of aromatic nitrogens is 1. The highest BCUT2D eigenvalue weighted by Crippen LogP contribution is 2.65. The molecule has 0 saturated heterocycles. The predicted octanol–water partition coefficient (Wildman–Crippen LogP) is 19.9. The minimum atomic E-state index is -0.582. The molecular formula is C85H54BN3. The summed E-state index contributed by atoms with van der Waals surface area (Å²) < 4.78 is 2.52. The maximum atomic E-state index is 2.68. The average molecular weight is 1130 g/mol. The van der Waals surface area contributed by atoms with Crippen LogP contribution < -0.4 is 26.2 Å². The van der Waals surface area contributed by atoms with Crippen molar-refractivity contribution < 1.29 is 0 Å². The molecule has 0 amide bonds. The Morgan fingerprint density at radius 3 is 1.27 bits per heavy atom. The van der Waals surface area contributed by atoms with Gasteiger partial charge in [-0.3, -0.25) is 0 Å². The Bertz CT molecular complexity index is 5330. The van der Waals surface area contributed by atoms with Crippen LogP contribution in [0.25, 0.3) is 94.3 Å². The van der Waals surface area contributed by atoms with Crippen LogP contribution in [0.3, 0.4) is 0 Å². The van der Waals surface area contributed by atoms with Gasteiger partial charge in [-0.2, -0.15) is 0 Å². The van der Waals surface area contributed by atoms with Gasteiger partial charge in [0.1, 0.15) is 0 Å². The summed E-state index contributed by atoms with van der Waals surface area (Å²) in [7, 11) is 0. The lowest BCUT2D eigenvalue weighted by Crippen LogP contribution is -2.61. The van der Waals surface area contributed by atoms with Crippen molar-refractivity contribution in [1.82, 2.24) is 4.57 Å². The van der Waals surface area contributed by atoms with Crippen LogP contribution in [0.2, 0.25) is 0 Å². The van der Waals surface area contributed by atoms with Crippen LogP contribution in [0, 0.1) is 0 Å². The largest absolute Gasteiger partial charge is 0.311 e. The zero-order chi connectivity index (χ0) is 58.3. The minimum absolute atomic E-state index is 0.164. The van der Waals surface area contributed by atoms with Gasteiger partial charge in [0.05, 0.1) is 27.8 Å². The molecule has 15 aromatic rings. The molecule has 2 aliphatic carbocycles. The predicted molar refractivity (Wildman–Crippen MR) is 373 cm³/mol. The van der Waals surface area contributed by atoms with Gasteiger partial charge in [-0.1, -0.05) is 267 Å². The molecule has 1 atom stereocenters. The molecule has 89 heavy (non-hydrogen) atoms. The number of hydrogen-bond acceptors (Lipinski definition) is 2. The molecule has 0 fully saturated rings. The second-order valence-electron chi connectivity index (χ2n) is 24.2. The van der Waals surface area contributed by atoms with Gasteiger partial charge in [-0.25, -0.2) is 0 Å². The summed E-state index contributed by atoms with van der Waals surface area (Å²) in [4.78, 5) is 5.25. The maximum Gasteiger partial charge on any atom is 0.252 e. The number of anilines is 6. The maximum absolute atomic E-state index is 2.68. The normalized spacial score (nSPS) is 14.5. The number of para-hydroxylation sites is 2. The smallest absolute Gasteiger partial charge is 0.252 e. The van der Waals surface area contributed by atoms with Crippen molar-refractivity contribution in [3.8, 4) is 72.4 Å². The Morgan fingerprint density at radius 1 is 0.247 bits per heavy atom. The summed E-state index contributed by atoms with van der Waals surface area (Å²) in [5.74, 6) is 0. The Morgan fingerprint density at radius 2 is 0.674 bits per heavy atom. The average Bonchev–Trinajstić information content (AvgIpc) is 1.59. The highest BCUT2D eigenvalue weighted by atomic mass is 15.2. The lowest BCUT2D eigenvalue weighted by atomic mass is 9.33. The van der Waals surface area contributed by atoms with E-state index in [0.29, 0.717) is 0 Å². The zero-order valence-corrected chi connectivity index (χ0v) is 48.6. The molecule has 3 nitrogen and oxygen atoms in total. The highest BCUT2D eigenvalue weighted by Gasteiger charge is 2.53. The third kappa shape index (κ3) is 7.17. The van der Waals surface area contributed by atoms with E-state index in [1.807, 2.05) is 0 Å². The molecule has 0 bridgehead atoms. The van der Waals surface area contributed by atoms with Gasteiger partial charge >= 0.3 is 0 Å². The summed E-state index contributed by atoms with van der Waals surface area (Å²) in [5, 5.41) is 2.46. The fourth-order valence-electron chi connectivity index (χ4n) is 16.1. The van der Waals surface area contributed by atoms with Crippen molar-refractivity contribution in [3.63, 3.8) is 0 Å². The van der Waals surface area contributed by atoms with Gasteiger partial charge in [0.15, 0.2) is 0 Å². The summed E-state index contributed by atoms with van der Waals surface area (Å²) in [6.07, 6.45) is 0. The van der Waals surface area contributed by atoms with Crippen LogP contribution in [0.5, 0.6) is 0 Å². The van der Waals surface area contributed by atoms with Crippen molar-refractivity contribution in [3.05, 3.63) is 350 Å². The molecular weight excluding hydrogens is 1070 g/mol. The molecule has 4 aliphatic rings. The number of fused-ring (bicyclic) bond motifs is 17. The number of hydrogen-bond donors (Lipinski definition) is 0. The van der Waals surface area contributed by atoms with Crippen LogP contribution in [-0.2, 0) is 5.41 Å². The van der Waals surface area contributed by atoms with Crippen LogP contribution >= 0.6 is 0 Å². The molecule has 3 heterocycles. The van der Waals surface area contributed by atoms with E-state index >= 15 is 0 Å². The van der Waals surface area contributed by atoms with E-state index in [1.54, 1.807) is 0 Å². The molecule has 4 heteroatoms. The number of rotatable bonds is 7. The molecule has 0 N–H and O–H groups in total. The van der Waals surface area contributed by atoms with Gasteiger partial charge in [-0.05, 0) is 161 Å². The van der Waals surface area contributed by atoms with E-state index in [0.717, 1.165) is 39.8 Å². The van der Waals surface area contributed by atoms with E-state index in [4.69, 9.17) is 0 Å². The monoisotopic (exact) mass is 1130 g/mol. The SMILES string of the molecule is c1ccc(-c2ccc(N3c4ccc(-c5ccccc5)cc4B4c5cc(-c6ccccc6)ccc5N(c5cccc6c5-c5ccccc5C65c6ccccc6-c6cc(-c7ccccc7)ccc65)c5cc(-n6c7ccccc7c7ccccc76)cc3c54)cc2)cc1. The Labute approximate surface area is 518 Å². The number of nitrogens with zero attached hydrogens (tertiary/aromatic N) is 3. The molecule has 412 valence electrons. The van der Waals surface area contributed by atoms with Crippen LogP contribution in [0.15, 0.2) is 328 Å². The third-order valence-electron chi connectivity index (χ3n) is 19.8. The van der Waals surface area contributed by atoms with Crippen molar-refractivity contribution in [2.24, 2.45) is 0 Å². The summed E-state index contributed by atoms with van der Waals surface area (Å²) in [6.45, 7) is -0.164. The van der Waals surface area contributed by atoms with Gasteiger partial charge in [-0.15, -0.1) is 0 Å². The summed E-state index contributed by atoms with van der Waals surface area (Å²) in [6, 6.07) is 123. The van der Waals surface area contributed by atoms with Gasteiger partial charge in [0.2, 0.25) is 0 Å². The first-order valence-electron chi connectivity index (χ1n) is 31.0. The molecule has 19 rings (SSSR count). The van der Waals surface area contributed by atoms with Gasteiger partial charge < -0.3 is 14.4 Å². The molecule has 14 aromatic carbocycles. The first kappa shape index (κ1) is 49.8. The first-order chi connectivity index (χ1) is 44.2. The Balaban J connectivity index is 0.937. The van der Waals surface area contributed by atoms with Gasteiger partial charge in [0, 0.05) is 44.8 Å². The Kier molecular flexibility index (Phi) is 10.8. The second-order valence-corrected chi connectivity index (χ2v) is 24.2. The molecule has 1 aromatic heterocycles. The highest BCUT2D eigenvalue weighted by molar-refractivity contribution is 7.00. The molecule has 0 saturated carbocycles. The standard InChI is InChI=1S/C85H54BN3/c1-5-22-55(23-6-1)59-40-45-63(46-41-59)87-78-48-43-61(57-26-9-3-10-27-57)51-74(78)86-75-52-62(58-28-11-4-12-29-58)44-49-79(75)89(82-54-64(53-81(87)84(82)86)88-76-37-19-15-31-66(76)67-32-16-20-38-77(67)88)80-39-21-36-73-83(80)68-33-14-18-35-71(68)85(73)70-34-17-13-30-65(70)69-50-60(42-47-72(69)85)56-24-7-2-8-25-56/h1-54H. The van der Waals surface area contributed by atoms with Crippen LogP contribution in [-0.4, -0.2) is 11.3 Å². The minimum Gasteiger partial charge on any atom is -0.311 e. The molecule has 2 aliphatic heterocycles. The fraction of sp³-hybridized carbons (Fsp3) is 0.0118. The topological polar surface area (TPSA) is 11.4 Å². The van der Waals surface area contributed by atoms with E-state index in [1.165, 1.54) is 127 Å². The van der Waals surface area contributed by atoms with Gasteiger partial charge in [0.25, 0.3) is 6.71 Å². The lowest BCUT2D eigenvalue weighted by molar-refractivity contribution is 0.794. The van der Waals surface area contributed by atoms with Crippen molar-refractivity contribution in [1.29, 1.82) is 0 Å². The third-order valence-corrected chi connectivity index (χ3v) is 19.8. The Hall–Kier alpha value is -11.5. The first-order valence-corrected chi connectivity index (χ1v) is 31.0.